The second-order valence-corrected chi connectivity index (χ2v) is 5.72. The standard InChI is InChI=1S/C20H15N5O2/c1-26-16-8-7-15(12-23-16)17-18(14-5-3-13(11-21)4-6-14)24-20(27-2)25-10-9-22-19(17)25/h3-10,12H,1-2H3. The van der Waals surface area contributed by atoms with Crippen molar-refractivity contribution in [2.45, 2.75) is 0 Å². The Bertz CT molecular complexity index is 1140. The number of benzene rings is 1. The van der Waals surface area contributed by atoms with Gasteiger partial charge in [0.1, 0.15) is 0 Å². The third-order valence-electron chi connectivity index (χ3n) is 4.22. The fraction of sp³-hybridized carbons (Fsp3) is 0.100. The summed E-state index contributed by atoms with van der Waals surface area (Å²) >= 11 is 0. The number of imidazole rings is 1. The van der Waals surface area contributed by atoms with Gasteiger partial charge in [-0.15, -0.1) is 0 Å². The van der Waals surface area contributed by atoms with Gasteiger partial charge in [-0.2, -0.15) is 10.2 Å². The van der Waals surface area contributed by atoms with E-state index in [2.05, 4.69) is 16.0 Å². The molecule has 0 aliphatic heterocycles. The van der Waals surface area contributed by atoms with Crippen LogP contribution in [-0.4, -0.2) is 33.6 Å². The van der Waals surface area contributed by atoms with Gasteiger partial charge in [0.25, 0.3) is 0 Å². The molecule has 0 saturated heterocycles. The molecular formula is C20H15N5O2. The summed E-state index contributed by atoms with van der Waals surface area (Å²) in [6.45, 7) is 0. The topological polar surface area (TPSA) is 85.3 Å². The van der Waals surface area contributed by atoms with Gasteiger partial charge in [0.05, 0.1) is 37.1 Å². The first-order valence-corrected chi connectivity index (χ1v) is 8.17. The predicted octanol–water partition coefficient (Wildman–Crippen LogP) is 3.35. The van der Waals surface area contributed by atoms with Gasteiger partial charge in [-0.25, -0.2) is 9.97 Å². The number of ether oxygens (including phenoxy) is 2. The lowest BCUT2D eigenvalue weighted by Gasteiger charge is -2.14. The van der Waals surface area contributed by atoms with Gasteiger partial charge in [0.15, 0.2) is 5.65 Å². The SMILES string of the molecule is COc1ccc(-c2c(-c3ccc(C#N)cc3)nc(OC)n3ccnc23)cn1. The van der Waals surface area contributed by atoms with E-state index in [0.717, 1.165) is 16.7 Å². The van der Waals surface area contributed by atoms with E-state index < -0.39 is 0 Å². The zero-order chi connectivity index (χ0) is 18.8. The lowest BCUT2D eigenvalue weighted by molar-refractivity contribution is 0.375. The van der Waals surface area contributed by atoms with Crippen LogP contribution in [0.1, 0.15) is 5.56 Å². The summed E-state index contributed by atoms with van der Waals surface area (Å²) < 4.78 is 12.4. The van der Waals surface area contributed by atoms with Crippen LogP contribution in [0.5, 0.6) is 11.9 Å². The molecule has 3 aromatic heterocycles. The van der Waals surface area contributed by atoms with E-state index in [0.29, 0.717) is 28.8 Å². The maximum absolute atomic E-state index is 9.06. The molecule has 27 heavy (non-hydrogen) atoms. The Balaban J connectivity index is 2.01. The fourth-order valence-electron chi connectivity index (χ4n) is 2.92. The molecule has 0 fully saturated rings. The molecule has 7 nitrogen and oxygen atoms in total. The quantitative estimate of drug-likeness (QED) is 0.557. The minimum absolute atomic E-state index is 0.423. The second-order valence-electron chi connectivity index (χ2n) is 5.72. The van der Waals surface area contributed by atoms with Gasteiger partial charge in [-0.3, -0.25) is 4.40 Å². The van der Waals surface area contributed by atoms with Crippen molar-refractivity contribution < 1.29 is 9.47 Å². The van der Waals surface area contributed by atoms with Crippen molar-refractivity contribution in [3.8, 4) is 40.3 Å². The summed E-state index contributed by atoms with van der Waals surface area (Å²) in [5.74, 6) is 0.527. The van der Waals surface area contributed by atoms with Crippen molar-refractivity contribution in [1.82, 2.24) is 19.4 Å². The molecule has 0 N–H and O–H groups in total. The van der Waals surface area contributed by atoms with Crippen LogP contribution in [0.2, 0.25) is 0 Å². The van der Waals surface area contributed by atoms with Crippen LogP contribution in [0.3, 0.4) is 0 Å². The molecule has 0 unspecified atom stereocenters. The predicted molar refractivity (Wildman–Crippen MR) is 99.5 cm³/mol. The first-order valence-electron chi connectivity index (χ1n) is 8.17. The van der Waals surface area contributed by atoms with Crippen molar-refractivity contribution in [2.75, 3.05) is 14.2 Å². The van der Waals surface area contributed by atoms with Gasteiger partial charge >= 0.3 is 6.01 Å². The van der Waals surface area contributed by atoms with Crippen molar-refractivity contribution in [3.05, 3.63) is 60.6 Å². The summed E-state index contributed by atoms with van der Waals surface area (Å²) in [5, 5.41) is 9.06. The molecular weight excluding hydrogens is 342 g/mol. The lowest BCUT2D eigenvalue weighted by atomic mass is 10.0. The summed E-state index contributed by atoms with van der Waals surface area (Å²) in [6, 6.07) is 13.5. The highest BCUT2D eigenvalue weighted by Crippen LogP contribution is 2.36. The molecule has 3 heterocycles. The zero-order valence-electron chi connectivity index (χ0n) is 14.7. The van der Waals surface area contributed by atoms with Gasteiger partial charge in [0.2, 0.25) is 5.88 Å². The highest BCUT2D eigenvalue weighted by Gasteiger charge is 2.19. The van der Waals surface area contributed by atoms with E-state index in [-0.39, 0.29) is 0 Å². The summed E-state index contributed by atoms with van der Waals surface area (Å²) in [5.41, 5.74) is 4.50. The lowest BCUT2D eigenvalue weighted by Crippen LogP contribution is -2.02. The molecule has 0 radical (unpaired) electrons. The summed E-state index contributed by atoms with van der Waals surface area (Å²) in [7, 11) is 3.14. The number of rotatable bonds is 4. The highest BCUT2D eigenvalue weighted by atomic mass is 16.5. The third-order valence-corrected chi connectivity index (χ3v) is 4.22. The van der Waals surface area contributed by atoms with E-state index in [9.17, 15) is 0 Å². The van der Waals surface area contributed by atoms with Crippen molar-refractivity contribution in [1.29, 1.82) is 5.26 Å². The molecule has 0 saturated carbocycles. The number of fused-ring (bicyclic) bond motifs is 1. The Hall–Kier alpha value is -3.92. The van der Waals surface area contributed by atoms with Crippen LogP contribution in [0.25, 0.3) is 28.0 Å². The van der Waals surface area contributed by atoms with Crippen LogP contribution in [0, 0.1) is 11.3 Å². The van der Waals surface area contributed by atoms with Crippen LogP contribution in [0.4, 0.5) is 0 Å². The molecule has 0 amide bonds. The first-order chi connectivity index (χ1) is 13.2. The van der Waals surface area contributed by atoms with E-state index in [1.807, 2.05) is 18.2 Å². The molecule has 0 spiro atoms. The number of pyridine rings is 1. The minimum atomic E-state index is 0.423. The molecule has 0 aliphatic rings. The van der Waals surface area contributed by atoms with Gasteiger partial charge < -0.3 is 9.47 Å². The molecule has 0 bridgehead atoms. The van der Waals surface area contributed by atoms with Crippen LogP contribution in [-0.2, 0) is 0 Å². The first kappa shape index (κ1) is 16.5. The van der Waals surface area contributed by atoms with Crippen molar-refractivity contribution in [2.24, 2.45) is 0 Å². The van der Waals surface area contributed by atoms with E-state index in [1.165, 1.54) is 0 Å². The number of hydrogen-bond donors (Lipinski definition) is 0. The zero-order valence-corrected chi connectivity index (χ0v) is 14.7. The molecule has 4 rings (SSSR count). The Kier molecular flexibility index (Phi) is 4.15. The molecule has 4 aromatic rings. The molecule has 132 valence electrons. The van der Waals surface area contributed by atoms with Crippen LogP contribution in [0.15, 0.2) is 55.0 Å². The summed E-state index contributed by atoms with van der Waals surface area (Å²) in [6.07, 6.45) is 5.22. The maximum Gasteiger partial charge on any atom is 0.302 e. The Morgan fingerprint density at radius 3 is 2.37 bits per heavy atom. The van der Waals surface area contributed by atoms with Gasteiger partial charge in [-0.1, -0.05) is 12.1 Å². The van der Waals surface area contributed by atoms with Crippen LogP contribution >= 0.6 is 0 Å². The average molecular weight is 357 g/mol. The minimum Gasteiger partial charge on any atom is -0.481 e. The van der Waals surface area contributed by atoms with Crippen molar-refractivity contribution >= 4 is 5.65 Å². The summed E-state index contributed by atoms with van der Waals surface area (Å²) in [4.78, 5) is 13.5. The van der Waals surface area contributed by atoms with E-state index >= 15 is 0 Å². The Labute approximate surface area is 155 Å². The normalized spacial score (nSPS) is 10.6. The van der Waals surface area contributed by atoms with Gasteiger partial charge in [0, 0.05) is 35.8 Å². The maximum atomic E-state index is 9.06. The number of aromatic nitrogens is 4. The Morgan fingerprint density at radius 2 is 1.74 bits per heavy atom. The average Bonchev–Trinajstić information content (AvgIpc) is 3.22. The molecule has 0 aliphatic carbocycles. The fourth-order valence-corrected chi connectivity index (χ4v) is 2.92. The van der Waals surface area contributed by atoms with Crippen LogP contribution < -0.4 is 9.47 Å². The molecule has 0 atom stereocenters. The number of methoxy groups -OCH3 is 2. The van der Waals surface area contributed by atoms with Gasteiger partial charge in [-0.05, 0) is 18.2 Å². The molecule has 7 heteroatoms. The van der Waals surface area contributed by atoms with E-state index in [4.69, 9.17) is 19.7 Å². The molecule has 1 aromatic carbocycles. The highest BCUT2D eigenvalue weighted by molar-refractivity contribution is 5.90. The van der Waals surface area contributed by atoms with E-state index in [1.54, 1.807) is 55.4 Å². The third kappa shape index (κ3) is 2.83. The number of nitriles is 1. The van der Waals surface area contributed by atoms with Crippen molar-refractivity contribution in [3.63, 3.8) is 0 Å². The second kappa shape index (κ2) is 6.77. The Morgan fingerprint density at radius 1 is 0.963 bits per heavy atom. The smallest absolute Gasteiger partial charge is 0.302 e. The number of nitrogens with zero attached hydrogens (tertiary/aromatic N) is 5. The number of hydrogen-bond acceptors (Lipinski definition) is 6. The largest absolute Gasteiger partial charge is 0.481 e. The monoisotopic (exact) mass is 357 g/mol.